The number of halogens is 11. The Morgan fingerprint density at radius 1 is 0.595 bits per heavy atom. The Kier molecular flexibility index (Phi) is 10.5. The minimum Gasteiger partial charge on any atom is -0.428 e. The van der Waals surface area contributed by atoms with Gasteiger partial charge < -0.3 is 4.74 Å². The smallest absolute Gasteiger partial charge is 0.428 e. The van der Waals surface area contributed by atoms with Gasteiger partial charge in [0, 0.05) is 0 Å². The first kappa shape index (κ1) is 34.0. The fourth-order valence-corrected chi connectivity index (χ4v) is 5.25. The molecule has 1 aliphatic rings. The quantitative estimate of drug-likeness (QED) is 0.160. The first-order valence-corrected chi connectivity index (χ1v) is 13.9. The molecule has 12 heteroatoms. The van der Waals surface area contributed by atoms with E-state index in [1.54, 1.807) is 12.1 Å². The standard InChI is InChI=1S/C30H33F11O/c1-2-3-4-5-6-7-20-8-10-21(11-9-20)22-12-14-23(15-13-22)24-16-18-25(19-17-24)42-30(40,41)28(35,36)26(31,32)27(33,34)29(37,38)39/h12-21H,2-11H2,1H3. The summed E-state index contributed by atoms with van der Waals surface area (Å²) in [5, 5.41) is 0. The summed E-state index contributed by atoms with van der Waals surface area (Å²) >= 11 is 0. The van der Waals surface area contributed by atoms with E-state index < -0.39 is 35.8 Å². The Morgan fingerprint density at radius 3 is 1.60 bits per heavy atom. The SMILES string of the molecule is CCCCCCCC1CCC(c2ccc(-c3ccc(OC(F)(F)C(F)(F)C(F)(F)C(F)(F)C(F)(F)F)cc3)cc2)CC1. The predicted octanol–water partition coefficient (Wildman–Crippen LogP) is 11.4. The van der Waals surface area contributed by atoms with Crippen molar-refractivity contribution in [3.8, 4) is 16.9 Å². The summed E-state index contributed by atoms with van der Waals surface area (Å²) in [7, 11) is 0. The van der Waals surface area contributed by atoms with Crippen molar-refractivity contribution in [2.75, 3.05) is 0 Å². The summed E-state index contributed by atoms with van der Waals surface area (Å²) in [6.07, 6.45) is -1.63. The van der Waals surface area contributed by atoms with Crippen molar-refractivity contribution in [3.63, 3.8) is 0 Å². The molecule has 0 atom stereocenters. The molecule has 0 unspecified atom stereocenters. The van der Waals surface area contributed by atoms with Crippen molar-refractivity contribution in [2.24, 2.45) is 5.92 Å². The lowest BCUT2D eigenvalue weighted by molar-refractivity contribution is -0.445. The number of hydrogen-bond donors (Lipinski definition) is 0. The highest BCUT2D eigenvalue weighted by molar-refractivity contribution is 5.64. The molecule has 0 heterocycles. The van der Waals surface area contributed by atoms with Gasteiger partial charge in [0.2, 0.25) is 0 Å². The molecule has 0 spiro atoms. The normalized spacial score (nSPS) is 19.1. The minimum atomic E-state index is -7.52. The lowest BCUT2D eigenvalue weighted by Crippen LogP contribution is -2.67. The molecule has 0 amide bonds. The summed E-state index contributed by atoms with van der Waals surface area (Å²) < 4.78 is 149. The lowest BCUT2D eigenvalue weighted by atomic mass is 9.77. The highest BCUT2D eigenvalue weighted by Gasteiger charge is 2.88. The molecule has 0 N–H and O–H groups in total. The van der Waals surface area contributed by atoms with Gasteiger partial charge in [-0.25, -0.2) is 0 Å². The van der Waals surface area contributed by atoms with Crippen LogP contribution in [0.25, 0.3) is 11.1 Å². The van der Waals surface area contributed by atoms with Gasteiger partial charge in [0.1, 0.15) is 5.75 Å². The third-order valence-electron chi connectivity index (χ3n) is 7.89. The van der Waals surface area contributed by atoms with Crippen LogP contribution in [0, 0.1) is 5.92 Å². The summed E-state index contributed by atoms with van der Waals surface area (Å²) in [6.45, 7) is 2.19. The van der Waals surface area contributed by atoms with Crippen molar-refractivity contribution in [2.45, 2.75) is 107 Å². The average Bonchev–Trinajstić information content (AvgIpc) is 2.93. The summed E-state index contributed by atoms with van der Waals surface area (Å²) in [5.41, 5.74) is 2.16. The van der Waals surface area contributed by atoms with Crippen LogP contribution in [0.4, 0.5) is 48.3 Å². The number of rotatable bonds is 13. The van der Waals surface area contributed by atoms with Crippen LogP contribution in [0.3, 0.4) is 0 Å². The third kappa shape index (κ3) is 7.15. The second-order valence-electron chi connectivity index (χ2n) is 10.9. The molecule has 0 saturated heterocycles. The number of benzene rings is 2. The van der Waals surface area contributed by atoms with Crippen molar-refractivity contribution in [1.29, 1.82) is 0 Å². The number of ether oxygens (including phenoxy) is 1. The van der Waals surface area contributed by atoms with E-state index >= 15 is 0 Å². The molecule has 42 heavy (non-hydrogen) atoms. The molecule has 2 aromatic carbocycles. The zero-order valence-corrected chi connectivity index (χ0v) is 22.9. The minimum absolute atomic E-state index is 0.401. The van der Waals surface area contributed by atoms with E-state index in [1.807, 2.05) is 12.1 Å². The summed E-state index contributed by atoms with van der Waals surface area (Å²) in [5.74, 6) is -22.2. The maximum Gasteiger partial charge on any atom is 0.471 e. The van der Waals surface area contributed by atoms with Gasteiger partial charge in [-0.1, -0.05) is 81.8 Å². The molecule has 236 valence electrons. The molecule has 3 rings (SSSR count). The van der Waals surface area contributed by atoms with E-state index in [2.05, 4.69) is 11.7 Å². The molecule has 0 radical (unpaired) electrons. The predicted molar refractivity (Wildman–Crippen MR) is 136 cm³/mol. The molecule has 0 aliphatic heterocycles. The molecule has 1 saturated carbocycles. The van der Waals surface area contributed by atoms with Gasteiger partial charge in [0.15, 0.2) is 0 Å². The Balaban J connectivity index is 1.61. The molecule has 0 aromatic heterocycles. The van der Waals surface area contributed by atoms with Crippen molar-refractivity contribution < 1.29 is 53.0 Å². The first-order chi connectivity index (χ1) is 19.4. The number of unbranched alkanes of at least 4 members (excludes halogenated alkanes) is 4. The third-order valence-corrected chi connectivity index (χ3v) is 7.89. The second kappa shape index (κ2) is 13.0. The molecule has 1 nitrogen and oxygen atoms in total. The van der Waals surface area contributed by atoms with E-state index in [0.29, 0.717) is 29.2 Å². The van der Waals surface area contributed by atoms with E-state index in [1.165, 1.54) is 38.5 Å². The molecule has 2 aromatic rings. The number of hydrogen-bond acceptors (Lipinski definition) is 1. The highest BCUT2D eigenvalue weighted by atomic mass is 19.4. The van der Waals surface area contributed by atoms with Crippen LogP contribution >= 0.6 is 0 Å². The van der Waals surface area contributed by atoms with Gasteiger partial charge in [-0.3, -0.25) is 0 Å². The first-order valence-electron chi connectivity index (χ1n) is 13.9. The maximum atomic E-state index is 13.9. The summed E-state index contributed by atoms with van der Waals surface area (Å²) in [4.78, 5) is 0. The van der Waals surface area contributed by atoms with Crippen molar-refractivity contribution in [3.05, 3.63) is 54.1 Å². The van der Waals surface area contributed by atoms with Gasteiger partial charge in [0.05, 0.1) is 0 Å². The van der Waals surface area contributed by atoms with Crippen molar-refractivity contribution in [1.82, 2.24) is 0 Å². The van der Waals surface area contributed by atoms with Gasteiger partial charge in [-0.05, 0) is 66.3 Å². The van der Waals surface area contributed by atoms with E-state index in [4.69, 9.17) is 0 Å². The van der Waals surface area contributed by atoms with Crippen LogP contribution < -0.4 is 4.74 Å². The monoisotopic (exact) mass is 618 g/mol. The number of alkyl halides is 11. The Bertz CT molecular complexity index is 1120. The van der Waals surface area contributed by atoms with Crippen LogP contribution in [0.1, 0.15) is 82.6 Å². The molecular formula is C30H33F11O. The van der Waals surface area contributed by atoms with E-state index in [0.717, 1.165) is 49.3 Å². The fourth-order valence-electron chi connectivity index (χ4n) is 5.25. The molecular weight excluding hydrogens is 585 g/mol. The van der Waals surface area contributed by atoms with Crippen LogP contribution in [0.2, 0.25) is 0 Å². The van der Waals surface area contributed by atoms with E-state index in [-0.39, 0.29) is 0 Å². The maximum absolute atomic E-state index is 13.9. The molecule has 1 fully saturated rings. The van der Waals surface area contributed by atoms with Crippen LogP contribution in [-0.2, 0) is 0 Å². The molecule has 0 bridgehead atoms. The summed E-state index contributed by atoms with van der Waals surface area (Å²) in [6, 6.07) is 11.0. The second-order valence-corrected chi connectivity index (χ2v) is 10.9. The fraction of sp³-hybridized carbons (Fsp3) is 0.600. The largest absolute Gasteiger partial charge is 0.471 e. The van der Waals surface area contributed by atoms with Crippen LogP contribution in [-0.4, -0.2) is 30.1 Å². The lowest BCUT2D eigenvalue weighted by Gasteiger charge is -2.36. The van der Waals surface area contributed by atoms with E-state index in [9.17, 15) is 48.3 Å². The van der Waals surface area contributed by atoms with Crippen LogP contribution in [0.15, 0.2) is 48.5 Å². The van der Waals surface area contributed by atoms with Crippen molar-refractivity contribution >= 4 is 0 Å². The highest BCUT2D eigenvalue weighted by Crippen LogP contribution is 2.57. The van der Waals surface area contributed by atoms with Gasteiger partial charge in [-0.15, -0.1) is 0 Å². The average molecular weight is 619 g/mol. The Hall–Kier alpha value is -2.53. The van der Waals surface area contributed by atoms with Gasteiger partial charge in [0.25, 0.3) is 0 Å². The Morgan fingerprint density at radius 2 is 1.10 bits per heavy atom. The zero-order chi connectivity index (χ0) is 31.4. The molecule has 1 aliphatic carbocycles. The van der Waals surface area contributed by atoms with Crippen LogP contribution in [0.5, 0.6) is 5.75 Å². The topological polar surface area (TPSA) is 9.23 Å². The van der Waals surface area contributed by atoms with Gasteiger partial charge in [-0.2, -0.15) is 48.3 Å². The Labute approximate surface area is 237 Å². The zero-order valence-electron chi connectivity index (χ0n) is 22.9. The van der Waals surface area contributed by atoms with Gasteiger partial charge >= 0.3 is 30.1 Å².